The first-order valence-corrected chi connectivity index (χ1v) is 13.6. The summed E-state index contributed by atoms with van der Waals surface area (Å²) >= 11 is 0. The molecule has 0 fully saturated rings. The highest BCUT2D eigenvalue weighted by molar-refractivity contribution is 5.58. The summed E-state index contributed by atoms with van der Waals surface area (Å²) in [7, 11) is 2.98. The first-order chi connectivity index (χ1) is 21.2. The molecule has 246 valence electrons. The molecule has 4 heterocycles. The molecule has 0 aliphatic heterocycles. The summed E-state index contributed by atoms with van der Waals surface area (Å²) < 4.78 is 85.6. The molecule has 1 atom stereocenters. The Bertz CT molecular complexity index is 1540. The van der Waals surface area contributed by atoms with E-state index in [1.165, 1.54) is 7.05 Å². The van der Waals surface area contributed by atoms with E-state index in [4.69, 9.17) is 4.74 Å². The summed E-state index contributed by atoms with van der Waals surface area (Å²) in [4.78, 5) is 15.1. The predicted octanol–water partition coefficient (Wildman–Crippen LogP) is 5.71. The van der Waals surface area contributed by atoms with E-state index in [0.717, 1.165) is 18.1 Å². The van der Waals surface area contributed by atoms with Gasteiger partial charge in [-0.3, -0.25) is 9.36 Å². The SMILES string of the molecule is CCNc1nc(Nc2ccn(CC)n2)ncc1C(F)(F)F.CNc1nc(Nc2cnn(C[C@H](C)OC)c2C)ncc1C(F)(F)F. The molecule has 0 spiro atoms. The highest BCUT2D eigenvalue weighted by Crippen LogP contribution is 2.35. The normalized spacial score (nSPS) is 12.3. The largest absolute Gasteiger partial charge is 0.421 e. The van der Waals surface area contributed by atoms with Crippen LogP contribution in [0.15, 0.2) is 30.9 Å². The lowest BCUT2D eigenvalue weighted by Crippen LogP contribution is -2.16. The Balaban J connectivity index is 0.000000248. The lowest BCUT2D eigenvalue weighted by atomic mass is 10.3. The maximum Gasteiger partial charge on any atom is 0.421 e. The predicted molar refractivity (Wildman–Crippen MR) is 156 cm³/mol. The minimum absolute atomic E-state index is 0.0188. The Labute approximate surface area is 254 Å². The summed E-state index contributed by atoms with van der Waals surface area (Å²) in [5, 5.41) is 19.1. The van der Waals surface area contributed by atoms with Crippen LogP contribution >= 0.6 is 0 Å². The van der Waals surface area contributed by atoms with Gasteiger partial charge in [-0.2, -0.15) is 46.5 Å². The second-order valence-corrected chi connectivity index (χ2v) is 9.37. The minimum Gasteiger partial charge on any atom is -0.380 e. The van der Waals surface area contributed by atoms with E-state index in [9.17, 15) is 26.3 Å². The van der Waals surface area contributed by atoms with Gasteiger partial charge in [0.2, 0.25) is 11.9 Å². The summed E-state index contributed by atoms with van der Waals surface area (Å²) in [6, 6.07) is 1.69. The van der Waals surface area contributed by atoms with Crippen molar-refractivity contribution in [1.82, 2.24) is 39.5 Å². The zero-order valence-corrected chi connectivity index (χ0v) is 25.3. The molecule has 4 N–H and O–H groups in total. The number of rotatable bonds is 11. The van der Waals surface area contributed by atoms with E-state index in [1.54, 1.807) is 41.9 Å². The fraction of sp³-hybridized carbons (Fsp3) is 0.462. The van der Waals surface area contributed by atoms with Crippen LogP contribution in [-0.2, 0) is 30.2 Å². The van der Waals surface area contributed by atoms with E-state index >= 15 is 0 Å². The van der Waals surface area contributed by atoms with Gasteiger partial charge in [0.05, 0.1) is 30.2 Å². The summed E-state index contributed by atoms with van der Waals surface area (Å²) in [6.07, 6.45) is -4.23. The molecule has 0 unspecified atom stereocenters. The smallest absolute Gasteiger partial charge is 0.380 e. The van der Waals surface area contributed by atoms with Crippen molar-refractivity contribution in [2.24, 2.45) is 0 Å². The van der Waals surface area contributed by atoms with Crippen molar-refractivity contribution >= 4 is 35.0 Å². The average Bonchev–Trinajstić information content (AvgIpc) is 3.58. The number of hydrogen-bond donors (Lipinski definition) is 4. The second-order valence-electron chi connectivity index (χ2n) is 9.37. The monoisotopic (exact) mass is 644 g/mol. The fourth-order valence-electron chi connectivity index (χ4n) is 3.70. The molecule has 0 aromatic carbocycles. The summed E-state index contributed by atoms with van der Waals surface area (Å²) in [5.41, 5.74) is -0.403. The molecule has 0 aliphatic rings. The molecule has 19 heteroatoms. The number of alkyl halides is 6. The first kappa shape index (κ1) is 34.8. The van der Waals surface area contributed by atoms with Crippen LogP contribution in [0.25, 0.3) is 0 Å². The van der Waals surface area contributed by atoms with Crippen molar-refractivity contribution in [2.75, 3.05) is 42.0 Å². The van der Waals surface area contributed by atoms with Gasteiger partial charge in [0.1, 0.15) is 22.8 Å². The van der Waals surface area contributed by atoms with Crippen molar-refractivity contribution in [2.45, 2.75) is 59.2 Å². The van der Waals surface area contributed by atoms with E-state index in [1.807, 2.05) is 20.8 Å². The van der Waals surface area contributed by atoms with E-state index in [2.05, 4.69) is 51.4 Å². The van der Waals surface area contributed by atoms with Gasteiger partial charge in [-0.05, 0) is 27.7 Å². The van der Waals surface area contributed by atoms with E-state index < -0.39 is 23.5 Å². The highest BCUT2D eigenvalue weighted by atomic mass is 19.4. The molecule has 13 nitrogen and oxygen atoms in total. The average molecular weight is 645 g/mol. The number of halogens is 6. The molecule has 0 saturated carbocycles. The Morgan fingerprint density at radius 2 is 1.51 bits per heavy atom. The molecule has 4 aromatic rings. The maximum absolute atomic E-state index is 12.9. The maximum atomic E-state index is 12.9. The van der Waals surface area contributed by atoms with Gasteiger partial charge in [0.15, 0.2) is 5.82 Å². The van der Waals surface area contributed by atoms with Crippen LogP contribution in [0.4, 0.5) is 61.4 Å². The van der Waals surface area contributed by atoms with Gasteiger partial charge in [0.25, 0.3) is 0 Å². The number of anilines is 6. The number of nitrogens with zero attached hydrogens (tertiary/aromatic N) is 8. The van der Waals surface area contributed by atoms with Gasteiger partial charge < -0.3 is 26.0 Å². The summed E-state index contributed by atoms with van der Waals surface area (Å²) in [6.45, 7) is 8.93. The van der Waals surface area contributed by atoms with Crippen LogP contribution in [-0.4, -0.2) is 66.3 Å². The number of hydrogen-bond acceptors (Lipinski definition) is 11. The van der Waals surface area contributed by atoms with Crippen molar-refractivity contribution < 1.29 is 31.1 Å². The zero-order valence-electron chi connectivity index (χ0n) is 25.3. The zero-order chi connectivity index (χ0) is 33.4. The molecule has 0 radical (unpaired) electrons. The topological polar surface area (TPSA) is 145 Å². The van der Waals surface area contributed by atoms with Crippen LogP contribution in [0.1, 0.15) is 37.6 Å². The lowest BCUT2D eigenvalue weighted by molar-refractivity contribution is -0.138. The van der Waals surface area contributed by atoms with Gasteiger partial charge >= 0.3 is 12.4 Å². The van der Waals surface area contributed by atoms with Crippen molar-refractivity contribution in [3.63, 3.8) is 0 Å². The third kappa shape index (κ3) is 9.40. The molecule has 4 rings (SSSR count). The third-order valence-electron chi connectivity index (χ3n) is 6.16. The molecule has 0 amide bonds. The number of aromatic nitrogens is 8. The molecule has 45 heavy (non-hydrogen) atoms. The van der Waals surface area contributed by atoms with E-state index in [0.29, 0.717) is 31.1 Å². The van der Waals surface area contributed by atoms with E-state index in [-0.39, 0.29) is 29.6 Å². The number of methoxy groups -OCH3 is 1. The van der Waals surface area contributed by atoms with Crippen molar-refractivity contribution in [3.05, 3.63) is 47.7 Å². The second kappa shape index (κ2) is 14.9. The highest BCUT2D eigenvalue weighted by Gasteiger charge is 2.36. The van der Waals surface area contributed by atoms with Crippen molar-refractivity contribution in [1.29, 1.82) is 0 Å². The number of aryl methyl sites for hydroxylation is 1. The Hall–Kier alpha value is -4.68. The van der Waals surface area contributed by atoms with Crippen LogP contribution in [0.5, 0.6) is 0 Å². The van der Waals surface area contributed by atoms with Crippen LogP contribution in [0.3, 0.4) is 0 Å². The third-order valence-corrected chi connectivity index (χ3v) is 6.16. The fourth-order valence-corrected chi connectivity index (χ4v) is 3.70. The molecular formula is C26H34F6N12O. The van der Waals surface area contributed by atoms with Gasteiger partial charge in [-0.1, -0.05) is 0 Å². The quantitative estimate of drug-likeness (QED) is 0.149. The minimum atomic E-state index is -4.52. The van der Waals surface area contributed by atoms with Gasteiger partial charge in [0, 0.05) is 51.9 Å². The Morgan fingerprint density at radius 3 is 2.04 bits per heavy atom. The summed E-state index contributed by atoms with van der Waals surface area (Å²) in [5.74, 6) is 0.0321. The molecule has 0 bridgehead atoms. The van der Waals surface area contributed by atoms with Gasteiger partial charge in [-0.25, -0.2) is 9.97 Å². The number of ether oxygens (including phenoxy) is 1. The Kier molecular flexibility index (Phi) is 11.5. The first-order valence-electron chi connectivity index (χ1n) is 13.6. The number of nitrogens with one attached hydrogen (secondary N) is 4. The standard InChI is InChI=1S/C14H19F3N6O.C12H15F3N6/c1-8(24-4)7-23-9(2)11(6-20-23)21-13-19-5-10(14(15,16)17)12(18-3)22-13;1-3-16-10-8(12(13,14)15)7-17-11(19-10)18-9-5-6-21(4-2)20-9/h5-6,8H,7H2,1-4H3,(H2,18,19,21,22);5-7H,3-4H2,1-2H3,(H2,16,17,18,19,20)/t8-;/m0./s1. The van der Waals surface area contributed by atoms with Crippen LogP contribution < -0.4 is 21.3 Å². The molecular weight excluding hydrogens is 610 g/mol. The van der Waals surface area contributed by atoms with Crippen molar-refractivity contribution in [3.8, 4) is 0 Å². The lowest BCUT2D eigenvalue weighted by Gasteiger charge is -2.13. The van der Waals surface area contributed by atoms with Gasteiger partial charge in [-0.15, -0.1) is 0 Å². The van der Waals surface area contributed by atoms with Crippen LogP contribution in [0, 0.1) is 6.92 Å². The van der Waals surface area contributed by atoms with Crippen LogP contribution in [0.2, 0.25) is 0 Å². The molecule has 0 aliphatic carbocycles. The molecule has 4 aromatic heterocycles. The molecule has 0 saturated heterocycles. The Morgan fingerprint density at radius 1 is 0.911 bits per heavy atom.